The molecular formula is C18H17NO6S. The van der Waals surface area contributed by atoms with Crippen LogP contribution >= 0.6 is 11.3 Å². The van der Waals surface area contributed by atoms with Crippen LogP contribution < -0.4 is 14.2 Å². The Morgan fingerprint density at radius 1 is 1.08 bits per heavy atom. The van der Waals surface area contributed by atoms with Crippen LogP contribution in [0.1, 0.15) is 16.1 Å². The van der Waals surface area contributed by atoms with E-state index < -0.39 is 5.97 Å². The second-order valence-corrected chi connectivity index (χ2v) is 6.09. The summed E-state index contributed by atoms with van der Waals surface area (Å²) in [4.78, 5) is 13.4. The highest BCUT2D eigenvalue weighted by molar-refractivity contribution is 7.13. The second-order valence-electron chi connectivity index (χ2n) is 5.14. The van der Waals surface area contributed by atoms with Crippen molar-refractivity contribution in [2.45, 2.75) is 6.61 Å². The Kier molecular flexibility index (Phi) is 5.43. The molecule has 2 heterocycles. The first-order chi connectivity index (χ1) is 12.7. The zero-order chi connectivity index (χ0) is 18.5. The number of methoxy groups -OCH3 is 3. The number of carbonyl (C=O) groups is 1. The van der Waals surface area contributed by atoms with Gasteiger partial charge in [0, 0.05) is 18.2 Å². The van der Waals surface area contributed by atoms with Gasteiger partial charge in [-0.3, -0.25) is 0 Å². The molecule has 0 N–H and O–H groups in total. The molecule has 26 heavy (non-hydrogen) atoms. The van der Waals surface area contributed by atoms with Crippen LogP contribution in [0.2, 0.25) is 0 Å². The third-order valence-electron chi connectivity index (χ3n) is 3.60. The molecule has 0 aliphatic rings. The summed E-state index contributed by atoms with van der Waals surface area (Å²) in [5.74, 6) is 1.25. The standard InChI is InChI=1S/C18H17NO6S/c1-21-13-9-15(23-3)14(22-2)8-12(13)18(20)24-10-11-7-16(25-19-11)17-5-4-6-26-17/h4-9H,10H2,1-3H3. The summed E-state index contributed by atoms with van der Waals surface area (Å²) in [6, 6.07) is 8.67. The van der Waals surface area contributed by atoms with E-state index in [-0.39, 0.29) is 12.2 Å². The van der Waals surface area contributed by atoms with Gasteiger partial charge in [-0.05, 0) is 11.4 Å². The van der Waals surface area contributed by atoms with Crippen LogP contribution in [0.4, 0.5) is 0 Å². The third kappa shape index (κ3) is 3.65. The smallest absolute Gasteiger partial charge is 0.342 e. The molecular weight excluding hydrogens is 358 g/mol. The van der Waals surface area contributed by atoms with E-state index >= 15 is 0 Å². The van der Waals surface area contributed by atoms with Gasteiger partial charge < -0.3 is 23.5 Å². The Labute approximate surface area is 154 Å². The SMILES string of the molecule is COc1cc(OC)c(C(=O)OCc2cc(-c3cccs3)on2)cc1OC. The van der Waals surface area contributed by atoms with Gasteiger partial charge in [0.2, 0.25) is 0 Å². The average Bonchev–Trinajstić information content (AvgIpc) is 3.36. The number of ether oxygens (including phenoxy) is 4. The maximum atomic E-state index is 12.4. The zero-order valence-corrected chi connectivity index (χ0v) is 15.3. The molecule has 0 bridgehead atoms. The average molecular weight is 375 g/mol. The molecule has 3 aromatic rings. The summed E-state index contributed by atoms with van der Waals surface area (Å²) in [6.45, 7) is -0.0226. The van der Waals surface area contributed by atoms with E-state index in [1.54, 1.807) is 12.1 Å². The molecule has 136 valence electrons. The monoisotopic (exact) mass is 375 g/mol. The van der Waals surface area contributed by atoms with Crippen molar-refractivity contribution in [2.24, 2.45) is 0 Å². The quantitative estimate of drug-likeness (QED) is 0.581. The van der Waals surface area contributed by atoms with Gasteiger partial charge in [0.15, 0.2) is 17.3 Å². The summed E-state index contributed by atoms with van der Waals surface area (Å²) in [7, 11) is 4.45. The van der Waals surface area contributed by atoms with Gasteiger partial charge in [-0.2, -0.15) is 0 Å². The van der Waals surface area contributed by atoms with Crippen molar-refractivity contribution in [3.63, 3.8) is 0 Å². The number of nitrogens with zero attached hydrogens (tertiary/aromatic N) is 1. The summed E-state index contributed by atoms with van der Waals surface area (Å²) in [5.41, 5.74) is 0.744. The maximum Gasteiger partial charge on any atom is 0.342 e. The molecule has 0 radical (unpaired) electrons. The van der Waals surface area contributed by atoms with Crippen LogP contribution in [-0.2, 0) is 11.3 Å². The van der Waals surface area contributed by atoms with Crippen LogP contribution in [0.3, 0.4) is 0 Å². The normalized spacial score (nSPS) is 10.4. The molecule has 0 aliphatic carbocycles. The molecule has 0 amide bonds. The Bertz CT molecular complexity index is 887. The first-order valence-corrected chi connectivity index (χ1v) is 8.50. The van der Waals surface area contributed by atoms with Gasteiger partial charge in [0.25, 0.3) is 0 Å². The fourth-order valence-electron chi connectivity index (χ4n) is 2.32. The lowest BCUT2D eigenvalue weighted by Crippen LogP contribution is -2.08. The molecule has 8 heteroatoms. The minimum atomic E-state index is -0.566. The van der Waals surface area contributed by atoms with Gasteiger partial charge >= 0.3 is 5.97 Å². The lowest BCUT2D eigenvalue weighted by Gasteiger charge is -2.13. The molecule has 0 saturated carbocycles. The molecule has 2 aromatic heterocycles. The van der Waals surface area contributed by atoms with Gasteiger partial charge in [0.05, 0.1) is 26.2 Å². The van der Waals surface area contributed by atoms with Crippen molar-refractivity contribution < 1.29 is 28.3 Å². The van der Waals surface area contributed by atoms with Gasteiger partial charge in [-0.1, -0.05) is 11.2 Å². The first kappa shape index (κ1) is 17.8. The topological polar surface area (TPSA) is 80.0 Å². The minimum Gasteiger partial charge on any atom is -0.496 e. The largest absolute Gasteiger partial charge is 0.496 e. The number of rotatable bonds is 7. The minimum absolute atomic E-state index is 0.0226. The summed E-state index contributed by atoms with van der Waals surface area (Å²) in [5, 5.41) is 5.87. The first-order valence-electron chi connectivity index (χ1n) is 7.63. The van der Waals surface area contributed by atoms with E-state index in [2.05, 4.69) is 5.16 Å². The summed E-state index contributed by atoms with van der Waals surface area (Å²) >= 11 is 1.54. The molecule has 0 saturated heterocycles. The maximum absolute atomic E-state index is 12.4. The van der Waals surface area contributed by atoms with Crippen LogP contribution in [0.5, 0.6) is 17.2 Å². The molecule has 0 aliphatic heterocycles. The van der Waals surface area contributed by atoms with E-state index in [4.69, 9.17) is 23.5 Å². The number of hydrogen-bond donors (Lipinski definition) is 0. The van der Waals surface area contributed by atoms with Crippen LogP contribution in [0.25, 0.3) is 10.6 Å². The van der Waals surface area contributed by atoms with E-state index in [1.165, 1.54) is 38.7 Å². The van der Waals surface area contributed by atoms with E-state index in [0.29, 0.717) is 28.7 Å². The Balaban J connectivity index is 1.74. The summed E-state index contributed by atoms with van der Waals surface area (Å²) < 4.78 is 26.3. The fraction of sp³-hybridized carbons (Fsp3) is 0.222. The van der Waals surface area contributed by atoms with Gasteiger partial charge in [-0.15, -0.1) is 11.3 Å². The highest BCUT2D eigenvalue weighted by atomic mass is 32.1. The molecule has 1 aromatic carbocycles. The molecule has 0 atom stereocenters. The number of benzene rings is 1. The Morgan fingerprint density at radius 2 is 1.81 bits per heavy atom. The predicted molar refractivity (Wildman–Crippen MR) is 95.0 cm³/mol. The van der Waals surface area contributed by atoms with E-state index in [0.717, 1.165) is 4.88 Å². The molecule has 3 rings (SSSR count). The number of thiophene rings is 1. The highest BCUT2D eigenvalue weighted by Gasteiger charge is 2.19. The third-order valence-corrected chi connectivity index (χ3v) is 4.48. The van der Waals surface area contributed by atoms with Crippen molar-refractivity contribution in [1.82, 2.24) is 5.16 Å². The number of esters is 1. The van der Waals surface area contributed by atoms with Crippen molar-refractivity contribution in [3.8, 4) is 27.9 Å². The van der Waals surface area contributed by atoms with Crippen molar-refractivity contribution in [3.05, 3.63) is 47.0 Å². The molecule has 0 fully saturated rings. The van der Waals surface area contributed by atoms with Gasteiger partial charge in [-0.25, -0.2) is 4.79 Å². The second kappa shape index (κ2) is 7.92. The van der Waals surface area contributed by atoms with E-state index in [9.17, 15) is 4.79 Å². The van der Waals surface area contributed by atoms with Crippen molar-refractivity contribution >= 4 is 17.3 Å². The molecule has 7 nitrogen and oxygen atoms in total. The van der Waals surface area contributed by atoms with Crippen LogP contribution in [-0.4, -0.2) is 32.5 Å². The summed E-state index contributed by atoms with van der Waals surface area (Å²) in [6.07, 6.45) is 0. The van der Waals surface area contributed by atoms with Crippen molar-refractivity contribution in [1.29, 1.82) is 0 Å². The number of aromatic nitrogens is 1. The number of hydrogen-bond acceptors (Lipinski definition) is 8. The van der Waals surface area contributed by atoms with Crippen LogP contribution in [0.15, 0.2) is 40.2 Å². The highest BCUT2D eigenvalue weighted by Crippen LogP contribution is 2.35. The predicted octanol–water partition coefficient (Wildman–Crippen LogP) is 3.79. The molecule has 0 spiro atoms. The molecule has 0 unspecified atom stereocenters. The lowest BCUT2D eigenvalue weighted by molar-refractivity contribution is 0.0460. The lowest BCUT2D eigenvalue weighted by atomic mass is 10.1. The Hall–Kier alpha value is -3.00. The van der Waals surface area contributed by atoms with Crippen LogP contribution in [0, 0.1) is 0 Å². The van der Waals surface area contributed by atoms with Gasteiger partial charge in [0.1, 0.15) is 23.6 Å². The number of carbonyl (C=O) groups excluding carboxylic acids is 1. The zero-order valence-electron chi connectivity index (χ0n) is 14.5. The van der Waals surface area contributed by atoms with Crippen molar-refractivity contribution in [2.75, 3.05) is 21.3 Å². The van der Waals surface area contributed by atoms with E-state index in [1.807, 2.05) is 17.5 Å². The Morgan fingerprint density at radius 3 is 2.46 bits per heavy atom. The fourth-order valence-corrected chi connectivity index (χ4v) is 2.99.